The van der Waals surface area contributed by atoms with E-state index in [0.717, 1.165) is 41.3 Å². The van der Waals surface area contributed by atoms with Gasteiger partial charge in [0, 0.05) is 26.7 Å². The van der Waals surface area contributed by atoms with Crippen LogP contribution >= 0.6 is 0 Å². The number of aromatic nitrogens is 4. The molecule has 2 aromatic heterocycles. The standard InChI is InChI=1S/C17H21N7O2/c1-24-16-12(9-21-24)15(22-17(23-16)20-7-5-18)19-6-4-11-2-3-13-14(8-11)26-10-25-13/h2-3,8-9H,4-7,10,18H2,1H3,(H2,19,20,22,23). The van der Waals surface area contributed by atoms with Crippen LogP contribution in [0.3, 0.4) is 0 Å². The number of hydrogen-bond donors (Lipinski definition) is 3. The molecule has 1 aliphatic rings. The second-order valence-corrected chi connectivity index (χ2v) is 5.98. The Hall–Kier alpha value is -3.07. The fourth-order valence-corrected chi connectivity index (χ4v) is 2.84. The number of anilines is 2. The normalized spacial score (nSPS) is 12.5. The molecule has 0 amide bonds. The van der Waals surface area contributed by atoms with Gasteiger partial charge in [0.05, 0.1) is 11.6 Å². The molecule has 0 saturated heterocycles. The van der Waals surface area contributed by atoms with Crippen molar-refractivity contribution in [1.29, 1.82) is 0 Å². The van der Waals surface area contributed by atoms with Crippen molar-refractivity contribution < 1.29 is 9.47 Å². The molecule has 3 aromatic rings. The van der Waals surface area contributed by atoms with E-state index in [-0.39, 0.29) is 6.79 Å². The zero-order chi connectivity index (χ0) is 17.9. The van der Waals surface area contributed by atoms with E-state index in [9.17, 15) is 0 Å². The molecule has 1 aromatic carbocycles. The molecule has 26 heavy (non-hydrogen) atoms. The van der Waals surface area contributed by atoms with Crippen molar-refractivity contribution >= 4 is 22.8 Å². The van der Waals surface area contributed by atoms with E-state index < -0.39 is 0 Å². The Kier molecular flexibility index (Phi) is 4.44. The van der Waals surface area contributed by atoms with Crippen molar-refractivity contribution in [3.63, 3.8) is 0 Å². The van der Waals surface area contributed by atoms with E-state index in [2.05, 4.69) is 25.7 Å². The summed E-state index contributed by atoms with van der Waals surface area (Å²) in [5, 5.41) is 11.7. The van der Waals surface area contributed by atoms with E-state index in [1.54, 1.807) is 10.9 Å². The number of benzene rings is 1. The summed E-state index contributed by atoms with van der Waals surface area (Å²) in [4.78, 5) is 9.04. The number of aryl methyl sites for hydroxylation is 1. The lowest BCUT2D eigenvalue weighted by atomic mass is 10.1. The Morgan fingerprint density at radius 3 is 2.92 bits per heavy atom. The maximum absolute atomic E-state index is 5.55. The van der Waals surface area contributed by atoms with Crippen LogP contribution < -0.4 is 25.8 Å². The molecule has 3 heterocycles. The third kappa shape index (κ3) is 3.21. The van der Waals surface area contributed by atoms with Gasteiger partial charge in [-0.3, -0.25) is 4.68 Å². The molecule has 9 heteroatoms. The fourth-order valence-electron chi connectivity index (χ4n) is 2.84. The van der Waals surface area contributed by atoms with Gasteiger partial charge < -0.3 is 25.8 Å². The molecule has 0 atom stereocenters. The number of ether oxygens (including phenoxy) is 2. The highest BCUT2D eigenvalue weighted by atomic mass is 16.7. The molecule has 1 aliphatic heterocycles. The van der Waals surface area contributed by atoms with Gasteiger partial charge in [-0.05, 0) is 24.1 Å². The van der Waals surface area contributed by atoms with Crippen molar-refractivity contribution in [2.75, 3.05) is 37.1 Å². The lowest BCUT2D eigenvalue weighted by molar-refractivity contribution is 0.174. The van der Waals surface area contributed by atoms with E-state index in [1.165, 1.54) is 5.56 Å². The van der Waals surface area contributed by atoms with Gasteiger partial charge >= 0.3 is 0 Å². The second-order valence-electron chi connectivity index (χ2n) is 5.98. The van der Waals surface area contributed by atoms with Crippen LogP contribution in [0.2, 0.25) is 0 Å². The van der Waals surface area contributed by atoms with Crippen molar-refractivity contribution in [2.45, 2.75) is 6.42 Å². The van der Waals surface area contributed by atoms with E-state index in [1.807, 2.05) is 25.2 Å². The Labute approximate surface area is 150 Å². The zero-order valence-electron chi connectivity index (χ0n) is 14.5. The number of nitrogens with zero attached hydrogens (tertiary/aromatic N) is 4. The zero-order valence-corrected chi connectivity index (χ0v) is 14.5. The van der Waals surface area contributed by atoms with E-state index in [0.29, 0.717) is 19.0 Å². The predicted octanol–water partition coefficient (Wildman–Crippen LogP) is 1.12. The molecule has 0 saturated carbocycles. The average molecular weight is 355 g/mol. The minimum atomic E-state index is 0.287. The summed E-state index contributed by atoms with van der Waals surface area (Å²) in [6.07, 6.45) is 2.60. The molecular formula is C17H21N7O2. The first-order valence-corrected chi connectivity index (χ1v) is 8.50. The molecule has 4 rings (SSSR count). The Morgan fingerprint density at radius 1 is 1.15 bits per heavy atom. The van der Waals surface area contributed by atoms with Gasteiger partial charge in [-0.25, -0.2) is 0 Å². The molecule has 0 aliphatic carbocycles. The quantitative estimate of drug-likeness (QED) is 0.578. The topological polar surface area (TPSA) is 112 Å². The summed E-state index contributed by atoms with van der Waals surface area (Å²) < 4.78 is 12.5. The van der Waals surface area contributed by atoms with Crippen LogP contribution in [0.15, 0.2) is 24.4 Å². The number of hydrogen-bond acceptors (Lipinski definition) is 8. The Balaban J connectivity index is 1.49. The van der Waals surface area contributed by atoms with Gasteiger partial charge in [0.2, 0.25) is 12.7 Å². The van der Waals surface area contributed by atoms with Crippen molar-refractivity contribution in [2.24, 2.45) is 12.8 Å². The van der Waals surface area contributed by atoms with Crippen LogP contribution in [-0.2, 0) is 13.5 Å². The van der Waals surface area contributed by atoms with E-state index in [4.69, 9.17) is 15.2 Å². The van der Waals surface area contributed by atoms with Crippen LogP contribution in [0.4, 0.5) is 11.8 Å². The minimum absolute atomic E-state index is 0.287. The largest absolute Gasteiger partial charge is 0.454 e. The summed E-state index contributed by atoms with van der Waals surface area (Å²) in [7, 11) is 1.86. The Bertz CT molecular complexity index is 925. The predicted molar refractivity (Wildman–Crippen MR) is 98.6 cm³/mol. The second kappa shape index (κ2) is 7.04. The highest BCUT2D eigenvalue weighted by Crippen LogP contribution is 2.32. The van der Waals surface area contributed by atoms with Crippen LogP contribution in [-0.4, -0.2) is 46.2 Å². The van der Waals surface area contributed by atoms with Gasteiger partial charge in [0.1, 0.15) is 5.82 Å². The van der Waals surface area contributed by atoms with Crippen molar-refractivity contribution in [3.8, 4) is 11.5 Å². The summed E-state index contributed by atoms with van der Waals surface area (Å²) in [5.41, 5.74) is 7.48. The fraction of sp³-hybridized carbons (Fsp3) is 0.353. The maximum Gasteiger partial charge on any atom is 0.231 e. The van der Waals surface area contributed by atoms with Crippen LogP contribution in [0.5, 0.6) is 11.5 Å². The minimum Gasteiger partial charge on any atom is -0.454 e. The molecule has 0 unspecified atom stereocenters. The van der Waals surface area contributed by atoms with Crippen LogP contribution in [0.25, 0.3) is 11.0 Å². The lowest BCUT2D eigenvalue weighted by Crippen LogP contribution is -2.16. The van der Waals surface area contributed by atoms with Crippen molar-refractivity contribution in [1.82, 2.24) is 19.7 Å². The lowest BCUT2D eigenvalue weighted by Gasteiger charge is -2.10. The first kappa shape index (κ1) is 16.4. The summed E-state index contributed by atoms with van der Waals surface area (Å²) in [5.74, 6) is 2.89. The first-order chi connectivity index (χ1) is 12.7. The highest BCUT2D eigenvalue weighted by Gasteiger charge is 2.14. The molecule has 0 fully saturated rings. The van der Waals surface area contributed by atoms with E-state index >= 15 is 0 Å². The third-order valence-electron chi connectivity index (χ3n) is 4.16. The summed E-state index contributed by atoms with van der Waals surface area (Å²) in [6.45, 7) is 2.13. The monoisotopic (exact) mass is 355 g/mol. The van der Waals surface area contributed by atoms with Crippen molar-refractivity contribution in [3.05, 3.63) is 30.0 Å². The highest BCUT2D eigenvalue weighted by molar-refractivity contribution is 5.87. The molecular weight excluding hydrogens is 334 g/mol. The van der Waals surface area contributed by atoms with Gasteiger partial charge in [-0.1, -0.05) is 6.07 Å². The number of fused-ring (bicyclic) bond motifs is 2. The maximum atomic E-state index is 5.55. The van der Waals surface area contributed by atoms with Crippen LogP contribution in [0, 0.1) is 0 Å². The molecule has 4 N–H and O–H groups in total. The molecule has 0 radical (unpaired) electrons. The smallest absolute Gasteiger partial charge is 0.231 e. The first-order valence-electron chi connectivity index (χ1n) is 8.50. The summed E-state index contributed by atoms with van der Waals surface area (Å²) in [6, 6.07) is 6.00. The van der Waals surface area contributed by atoms with Crippen LogP contribution in [0.1, 0.15) is 5.56 Å². The Morgan fingerprint density at radius 2 is 2.04 bits per heavy atom. The van der Waals surface area contributed by atoms with Gasteiger partial charge in [-0.15, -0.1) is 0 Å². The van der Waals surface area contributed by atoms with Gasteiger partial charge in [0.15, 0.2) is 17.1 Å². The number of rotatable bonds is 7. The molecule has 136 valence electrons. The molecule has 0 bridgehead atoms. The third-order valence-corrected chi connectivity index (χ3v) is 4.16. The van der Waals surface area contributed by atoms with Gasteiger partial charge in [-0.2, -0.15) is 15.1 Å². The average Bonchev–Trinajstić information content (AvgIpc) is 3.26. The molecule has 9 nitrogen and oxygen atoms in total. The summed E-state index contributed by atoms with van der Waals surface area (Å²) >= 11 is 0. The molecule has 0 spiro atoms. The van der Waals surface area contributed by atoms with Gasteiger partial charge in [0.25, 0.3) is 0 Å². The number of nitrogens with one attached hydrogen (secondary N) is 2. The SMILES string of the molecule is Cn1ncc2c(NCCc3ccc4c(c3)OCO4)nc(NCCN)nc21. The number of nitrogens with two attached hydrogens (primary N) is 1.